The van der Waals surface area contributed by atoms with Gasteiger partial charge in [-0.3, -0.25) is 14.4 Å². The first-order valence-electron chi connectivity index (χ1n) is 21.1. The van der Waals surface area contributed by atoms with Gasteiger partial charge in [0, 0.05) is 61.1 Å². The van der Waals surface area contributed by atoms with Gasteiger partial charge in [0.2, 0.25) is 5.95 Å². The number of hydrogen-bond donors (Lipinski definition) is 3. The van der Waals surface area contributed by atoms with Crippen LogP contribution in [0.25, 0.3) is 17.3 Å². The molecule has 2 aliphatic heterocycles. The second-order valence-electron chi connectivity index (χ2n) is 18.1. The highest BCUT2D eigenvalue weighted by Crippen LogP contribution is 2.62. The van der Waals surface area contributed by atoms with Crippen LogP contribution in [0.2, 0.25) is 0 Å². The maximum atomic E-state index is 13.5. The first-order valence-corrected chi connectivity index (χ1v) is 23.2. The number of aliphatic hydroxyl groups is 2. The quantitative estimate of drug-likeness (QED) is 0.110. The van der Waals surface area contributed by atoms with Crippen LogP contribution >= 0.6 is 0 Å². The van der Waals surface area contributed by atoms with E-state index in [9.17, 15) is 37.4 Å². The first kappa shape index (κ1) is 47.4. The predicted octanol–water partition coefficient (Wildman–Crippen LogP) is 5.53. The van der Waals surface area contributed by atoms with Gasteiger partial charge in [-0.1, -0.05) is 18.2 Å². The number of nitrogens with zero attached hydrogens (tertiary/aromatic N) is 3. The van der Waals surface area contributed by atoms with Gasteiger partial charge in [-0.05, 0) is 109 Å². The molecule has 0 radical (unpaired) electrons. The Morgan fingerprint density at radius 3 is 2.40 bits per heavy atom. The Morgan fingerprint density at radius 2 is 1.78 bits per heavy atom. The first-order chi connectivity index (χ1) is 29.5. The van der Waals surface area contributed by atoms with E-state index in [1.54, 1.807) is 43.5 Å². The lowest BCUT2D eigenvalue weighted by atomic mass is 9.53. The number of benzene rings is 2. The Labute approximate surface area is 368 Å². The molecule has 3 aromatic rings. The van der Waals surface area contributed by atoms with Crippen LogP contribution in [0.15, 0.2) is 54.6 Å². The van der Waals surface area contributed by atoms with Gasteiger partial charge in [-0.2, -0.15) is 0 Å². The number of anilines is 1. The summed E-state index contributed by atoms with van der Waals surface area (Å²) >= 11 is 0. The van der Waals surface area contributed by atoms with Gasteiger partial charge in [-0.15, -0.1) is 0 Å². The molecule has 2 bridgehead atoms. The maximum absolute atomic E-state index is 13.5. The molecular weight excluding hydrogens is 836 g/mol. The maximum Gasteiger partial charge on any atom is 0.308 e. The average molecular weight is 895 g/mol. The zero-order chi connectivity index (χ0) is 46.2. The number of carbonyl (C=O) groups excluding carboxylic acids is 3. The number of aromatic nitrogens is 2. The molecule has 17 heteroatoms. The van der Waals surface area contributed by atoms with Crippen molar-refractivity contribution in [2.24, 2.45) is 5.92 Å². The Balaban J connectivity index is 0.000000217. The van der Waals surface area contributed by atoms with E-state index in [0.29, 0.717) is 40.4 Å². The number of rotatable bonds is 13. The van der Waals surface area contributed by atoms with Crippen molar-refractivity contribution in [1.29, 1.82) is 0 Å². The minimum absolute atomic E-state index is 0.101. The number of imidazole rings is 1. The van der Waals surface area contributed by atoms with E-state index in [4.69, 9.17) is 18.9 Å². The molecular formula is C46H59FN4O11S. The van der Waals surface area contributed by atoms with Gasteiger partial charge in [0.1, 0.15) is 23.4 Å². The largest absolute Gasteiger partial charge is 0.481 e. The SMILES string of the molecule is CC(=O)Oc1ccc2c3c1O[C@H]1[C@@H](OC(C)=O)C=C[C@H]4[C@@H](C2)N(C)CC[C@@]341.CC(C)n1c(NCS(C)(=O)=O)nc(-c2ccc(F)cc2)c1/C=C/[C@@H](O)C[C@@H](O)CC(=O)OC(C)(C)C. The molecule has 2 aliphatic carbocycles. The number of esters is 3. The summed E-state index contributed by atoms with van der Waals surface area (Å²) in [6.07, 6.45) is 6.92. The standard InChI is InChI=1S/C25H36FN3O6S.C21H23NO5/c1-16(2)29-21(12-11-19(30)13-20(31)14-22(32)35-25(3,4)5)23(17-7-9-18(26)10-8-17)28-24(29)27-15-36(6,33)34;1-11(23)25-16-6-4-13-10-15-14-5-7-17(26-12(2)24)20-21(14,8-9-22(15)3)18(13)19(16)27-20/h7-12,16,19-20,30-31H,13-15H2,1-6H3,(H,27,28);4-7,14-15,17,20H,8-10H2,1-3H3/b12-11+;/t19-,20-;14-,15+,17-,20-,21-/m10/s1. The molecule has 0 unspecified atom stereocenters. The van der Waals surface area contributed by atoms with Crippen molar-refractivity contribution in [3.8, 4) is 22.8 Å². The Hall–Kier alpha value is -5.10. The highest BCUT2D eigenvalue weighted by molar-refractivity contribution is 7.90. The summed E-state index contributed by atoms with van der Waals surface area (Å²) in [6.45, 7) is 12.7. The molecule has 1 saturated heterocycles. The highest BCUT2D eigenvalue weighted by Gasteiger charge is 2.65. The number of nitrogens with one attached hydrogen (secondary N) is 1. The molecule has 1 aromatic heterocycles. The summed E-state index contributed by atoms with van der Waals surface area (Å²) in [5.41, 5.74) is 3.08. The molecule has 1 fully saturated rings. The van der Waals surface area contributed by atoms with Crippen LogP contribution in [0.4, 0.5) is 10.3 Å². The zero-order valence-corrected chi connectivity index (χ0v) is 38.1. The van der Waals surface area contributed by atoms with Gasteiger partial charge in [0.25, 0.3) is 0 Å². The van der Waals surface area contributed by atoms with Gasteiger partial charge in [-0.25, -0.2) is 17.8 Å². The lowest BCUT2D eigenvalue weighted by Gasteiger charge is -2.56. The smallest absolute Gasteiger partial charge is 0.308 e. The average Bonchev–Trinajstić information content (AvgIpc) is 3.72. The van der Waals surface area contributed by atoms with Crippen molar-refractivity contribution in [3.05, 3.63) is 77.3 Å². The molecule has 15 nitrogen and oxygen atoms in total. The van der Waals surface area contributed by atoms with Crippen LogP contribution in [0.1, 0.15) is 90.6 Å². The van der Waals surface area contributed by atoms with Crippen LogP contribution in [-0.2, 0) is 45.5 Å². The predicted molar refractivity (Wildman–Crippen MR) is 234 cm³/mol. The minimum Gasteiger partial charge on any atom is -0.481 e. The molecule has 7 rings (SSSR count). The number of ether oxygens (including phenoxy) is 4. The summed E-state index contributed by atoms with van der Waals surface area (Å²) < 4.78 is 61.4. The van der Waals surface area contributed by atoms with Crippen molar-refractivity contribution in [3.63, 3.8) is 0 Å². The Morgan fingerprint density at radius 1 is 1.08 bits per heavy atom. The summed E-state index contributed by atoms with van der Waals surface area (Å²) in [5.74, 6) is -0.298. The molecule has 4 aliphatic rings. The number of halogens is 1. The summed E-state index contributed by atoms with van der Waals surface area (Å²) in [7, 11) is -1.16. The Bertz CT molecular complexity index is 2370. The molecule has 63 heavy (non-hydrogen) atoms. The number of likely N-dealkylation sites (N-methyl/N-ethyl adjacent to an activating group) is 1. The Kier molecular flexibility index (Phi) is 14.0. The van der Waals surface area contributed by atoms with Gasteiger partial charge >= 0.3 is 17.9 Å². The highest BCUT2D eigenvalue weighted by atomic mass is 32.2. The summed E-state index contributed by atoms with van der Waals surface area (Å²) in [4.78, 5) is 42.2. The lowest BCUT2D eigenvalue weighted by Crippen LogP contribution is -2.65. The topological polar surface area (TPSA) is 196 Å². The van der Waals surface area contributed by atoms with E-state index in [-0.39, 0.29) is 54.1 Å². The van der Waals surface area contributed by atoms with Gasteiger partial charge in [0.15, 0.2) is 27.4 Å². The zero-order valence-electron chi connectivity index (χ0n) is 37.3. The van der Waals surface area contributed by atoms with Gasteiger partial charge < -0.3 is 43.9 Å². The summed E-state index contributed by atoms with van der Waals surface area (Å²) in [6, 6.07) is 9.83. The van der Waals surface area contributed by atoms with E-state index in [1.165, 1.54) is 37.6 Å². The van der Waals surface area contributed by atoms with Crippen LogP contribution in [0, 0.1) is 11.7 Å². The number of piperidine rings is 1. The number of likely N-dealkylation sites (tertiary alicyclic amines) is 1. The van der Waals surface area contributed by atoms with Crippen molar-refractivity contribution in [2.45, 2.75) is 122 Å². The third kappa shape index (κ3) is 10.6. The summed E-state index contributed by atoms with van der Waals surface area (Å²) in [5, 5.41) is 23.6. The fourth-order valence-corrected chi connectivity index (χ4v) is 9.61. The third-order valence-electron chi connectivity index (χ3n) is 11.6. The van der Waals surface area contributed by atoms with E-state index in [2.05, 4.69) is 34.4 Å². The van der Waals surface area contributed by atoms with Crippen LogP contribution < -0.4 is 14.8 Å². The van der Waals surface area contributed by atoms with E-state index in [1.807, 2.05) is 26.0 Å². The molecule has 7 atom stereocenters. The fourth-order valence-electron chi connectivity index (χ4n) is 9.22. The lowest BCUT2D eigenvalue weighted by molar-refractivity contribution is -0.157. The minimum atomic E-state index is -3.34. The number of sulfone groups is 1. The molecule has 3 heterocycles. The van der Waals surface area contributed by atoms with E-state index >= 15 is 0 Å². The molecule has 0 amide bonds. The number of aliphatic hydroxyl groups excluding tert-OH is 2. The molecule has 0 saturated carbocycles. The molecule has 1 spiro atoms. The van der Waals surface area contributed by atoms with Crippen LogP contribution in [-0.4, -0.2) is 113 Å². The fraction of sp³-hybridized carbons (Fsp3) is 0.522. The van der Waals surface area contributed by atoms with Crippen LogP contribution in [0.5, 0.6) is 11.5 Å². The van der Waals surface area contributed by atoms with Crippen molar-refractivity contribution >= 4 is 39.8 Å². The second-order valence-corrected chi connectivity index (χ2v) is 20.2. The van der Waals surface area contributed by atoms with Crippen molar-refractivity contribution < 1.29 is 56.4 Å². The van der Waals surface area contributed by atoms with E-state index in [0.717, 1.165) is 31.2 Å². The van der Waals surface area contributed by atoms with E-state index < -0.39 is 45.5 Å². The third-order valence-corrected chi connectivity index (χ3v) is 12.2. The normalized spacial score (nSPS) is 23.3. The molecule has 3 N–H and O–H groups in total. The number of hydrogen-bond acceptors (Lipinski definition) is 14. The van der Waals surface area contributed by atoms with Crippen molar-refractivity contribution in [2.75, 3.05) is 31.0 Å². The number of carbonyl (C=O) groups is 3. The van der Waals surface area contributed by atoms with Gasteiger partial charge in [0.05, 0.1) is 30.0 Å². The second kappa shape index (κ2) is 18.6. The monoisotopic (exact) mass is 894 g/mol. The molecule has 2 aromatic carbocycles. The molecule has 342 valence electrons. The van der Waals surface area contributed by atoms with Crippen LogP contribution in [0.3, 0.4) is 0 Å². The van der Waals surface area contributed by atoms with Crippen molar-refractivity contribution in [1.82, 2.24) is 14.5 Å².